The number of halogens is 5. The summed E-state index contributed by atoms with van der Waals surface area (Å²) in [5.41, 5.74) is 5.27. The van der Waals surface area contributed by atoms with Gasteiger partial charge in [-0.25, -0.2) is 8.78 Å². The molecule has 0 atom stereocenters. The van der Waals surface area contributed by atoms with Gasteiger partial charge in [0.15, 0.2) is 17.4 Å². The lowest BCUT2D eigenvalue weighted by molar-refractivity contribution is 0.408. The van der Waals surface area contributed by atoms with Crippen LogP contribution in [0.5, 0.6) is 11.5 Å². The van der Waals surface area contributed by atoms with E-state index < -0.39 is 17.4 Å². The highest BCUT2D eigenvalue weighted by molar-refractivity contribution is 9.10. The van der Waals surface area contributed by atoms with Crippen molar-refractivity contribution in [1.82, 2.24) is 0 Å². The molecular weight excluding hydrogens is 363 g/mol. The average Bonchev–Trinajstić information content (AvgIpc) is 2.29. The molecule has 2 aromatic rings. The third-order valence-electron chi connectivity index (χ3n) is 2.21. The van der Waals surface area contributed by atoms with Crippen LogP contribution in [0.4, 0.5) is 14.5 Å². The van der Waals surface area contributed by atoms with Gasteiger partial charge in [0, 0.05) is 28.4 Å². The van der Waals surface area contributed by atoms with E-state index in [0.29, 0.717) is 9.50 Å². The highest BCUT2D eigenvalue weighted by Crippen LogP contribution is 2.38. The lowest BCUT2D eigenvalue weighted by Crippen LogP contribution is -1.96. The first-order chi connectivity index (χ1) is 8.88. The Hall–Kier alpha value is -1.04. The second-order valence-corrected chi connectivity index (χ2v) is 5.28. The maximum Gasteiger partial charge on any atom is 0.198 e. The third kappa shape index (κ3) is 3.11. The summed E-state index contributed by atoms with van der Waals surface area (Å²) >= 11 is 14.9. The number of ether oxygens (including phenoxy) is 1. The summed E-state index contributed by atoms with van der Waals surface area (Å²) in [5, 5.41) is 0.461. The Morgan fingerprint density at radius 2 is 1.58 bits per heavy atom. The first kappa shape index (κ1) is 14.4. The van der Waals surface area contributed by atoms with Crippen molar-refractivity contribution in [2.75, 3.05) is 5.73 Å². The maximum absolute atomic E-state index is 13.6. The minimum absolute atomic E-state index is 0.0393. The van der Waals surface area contributed by atoms with Gasteiger partial charge < -0.3 is 10.5 Å². The molecule has 2 aromatic carbocycles. The van der Waals surface area contributed by atoms with Gasteiger partial charge in [0.25, 0.3) is 0 Å². The molecule has 0 aliphatic rings. The molecule has 0 unspecified atom stereocenters. The Bertz CT molecular complexity index is 629. The molecule has 0 saturated carbocycles. The second kappa shape index (κ2) is 5.53. The van der Waals surface area contributed by atoms with Crippen molar-refractivity contribution < 1.29 is 13.5 Å². The Morgan fingerprint density at radius 1 is 1.00 bits per heavy atom. The topological polar surface area (TPSA) is 35.2 Å². The van der Waals surface area contributed by atoms with Crippen molar-refractivity contribution in [1.29, 1.82) is 0 Å². The molecule has 19 heavy (non-hydrogen) atoms. The van der Waals surface area contributed by atoms with Gasteiger partial charge in [-0.2, -0.15) is 0 Å². The summed E-state index contributed by atoms with van der Waals surface area (Å²) in [5.74, 6) is -2.40. The quantitative estimate of drug-likeness (QED) is 0.568. The van der Waals surface area contributed by atoms with Crippen molar-refractivity contribution >= 4 is 44.8 Å². The highest BCUT2D eigenvalue weighted by Gasteiger charge is 2.15. The molecule has 0 aliphatic heterocycles. The zero-order chi connectivity index (χ0) is 14.2. The van der Waals surface area contributed by atoms with Crippen molar-refractivity contribution in [3.63, 3.8) is 0 Å². The Labute approximate surface area is 126 Å². The minimum atomic E-state index is -0.924. The molecule has 0 fully saturated rings. The molecule has 2 rings (SSSR count). The number of hydrogen-bond donors (Lipinski definition) is 1. The molecule has 0 amide bonds. The Kier molecular flexibility index (Phi) is 4.18. The molecule has 2 nitrogen and oxygen atoms in total. The van der Waals surface area contributed by atoms with Crippen LogP contribution in [0.25, 0.3) is 0 Å². The summed E-state index contributed by atoms with van der Waals surface area (Å²) in [7, 11) is 0. The summed E-state index contributed by atoms with van der Waals surface area (Å²) in [4.78, 5) is 0. The number of anilines is 1. The maximum atomic E-state index is 13.6. The molecule has 0 aromatic heterocycles. The number of nitrogen functional groups attached to an aromatic ring is 1. The van der Waals surface area contributed by atoms with Crippen molar-refractivity contribution in [3.05, 3.63) is 50.4 Å². The normalized spacial score (nSPS) is 10.6. The minimum Gasteiger partial charge on any atom is -0.450 e. The fourth-order valence-corrected chi connectivity index (χ4v) is 2.20. The molecule has 100 valence electrons. The van der Waals surface area contributed by atoms with Crippen LogP contribution in [0, 0.1) is 11.6 Å². The van der Waals surface area contributed by atoms with E-state index in [9.17, 15) is 8.78 Å². The lowest BCUT2D eigenvalue weighted by Gasteiger charge is -2.11. The fraction of sp³-hybridized carbons (Fsp3) is 0. The highest BCUT2D eigenvalue weighted by atomic mass is 79.9. The van der Waals surface area contributed by atoms with E-state index in [4.69, 9.17) is 33.7 Å². The molecule has 2 N–H and O–H groups in total. The molecule has 0 bridgehead atoms. The van der Waals surface area contributed by atoms with E-state index in [1.807, 2.05) is 0 Å². The van der Waals surface area contributed by atoms with E-state index >= 15 is 0 Å². The third-order valence-corrected chi connectivity index (χ3v) is 3.70. The van der Waals surface area contributed by atoms with Crippen LogP contribution in [0.3, 0.4) is 0 Å². The van der Waals surface area contributed by atoms with Crippen molar-refractivity contribution in [3.8, 4) is 11.5 Å². The monoisotopic (exact) mass is 367 g/mol. The smallest absolute Gasteiger partial charge is 0.198 e. The molecule has 0 spiro atoms. The van der Waals surface area contributed by atoms with Gasteiger partial charge in [-0.15, -0.1) is 0 Å². The molecule has 7 heteroatoms. The molecular formula is C12H6BrCl2F2NO. The van der Waals surface area contributed by atoms with Crippen LogP contribution >= 0.6 is 39.1 Å². The van der Waals surface area contributed by atoms with Crippen LogP contribution in [-0.2, 0) is 0 Å². The predicted octanol–water partition coefficient (Wildman–Crippen LogP) is 5.41. The number of nitrogens with two attached hydrogens (primary N) is 1. The fourth-order valence-electron chi connectivity index (χ4n) is 1.37. The Morgan fingerprint density at radius 3 is 2.16 bits per heavy atom. The summed E-state index contributed by atoms with van der Waals surface area (Å²) in [6, 6.07) is 4.72. The number of hydrogen-bond acceptors (Lipinski definition) is 2. The van der Waals surface area contributed by atoms with Gasteiger partial charge in [-0.1, -0.05) is 23.2 Å². The zero-order valence-corrected chi connectivity index (χ0v) is 12.3. The number of benzene rings is 2. The average molecular weight is 369 g/mol. The summed E-state index contributed by atoms with van der Waals surface area (Å²) in [6.07, 6.45) is 0. The molecule has 0 radical (unpaired) electrons. The van der Waals surface area contributed by atoms with Crippen LogP contribution < -0.4 is 10.5 Å². The van der Waals surface area contributed by atoms with Crippen LogP contribution in [0.15, 0.2) is 28.7 Å². The molecule has 0 heterocycles. The van der Waals surface area contributed by atoms with Gasteiger partial charge in [0.1, 0.15) is 5.75 Å². The zero-order valence-electron chi connectivity index (χ0n) is 9.18. The first-order valence-electron chi connectivity index (χ1n) is 4.95. The van der Waals surface area contributed by atoms with Gasteiger partial charge in [0.05, 0.1) is 10.0 Å². The van der Waals surface area contributed by atoms with Crippen LogP contribution in [0.1, 0.15) is 0 Å². The first-order valence-corrected chi connectivity index (χ1v) is 6.50. The van der Waals surface area contributed by atoms with E-state index in [-0.39, 0.29) is 16.5 Å². The van der Waals surface area contributed by atoms with Gasteiger partial charge >= 0.3 is 0 Å². The van der Waals surface area contributed by atoms with Crippen LogP contribution in [0.2, 0.25) is 10.0 Å². The lowest BCUT2D eigenvalue weighted by atomic mass is 10.2. The van der Waals surface area contributed by atoms with E-state index in [1.54, 1.807) is 0 Å². The summed E-state index contributed by atoms with van der Waals surface area (Å²) < 4.78 is 32.8. The molecule has 0 aliphatic carbocycles. The Balaban J connectivity index is 2.45. The van der Waals surface area contributed by atoms with Crippen molar-refractivity contribution in [2.24, 2.45) is 0 Å². The van der Waals surface area contributed by atoms with Gasteiger partial charge in [-0.3, -0.25) is 0 Å². The van der Waals surface area contributed by atoms with Crippen molar-refractivity contribution in [2.45, 2.75) is 0 Å². The molecule has 0 saturated heterocycles. The van der Waals surface area contributed by atoms with E-state index in [0.717, 1.165) is 12.1 Å². The van der Waals surface area contributed by atoms with E-state index in [1.165, 1.54) is 12.1 Å². The van der Waals surface area contributed by atoms with Gasteiger partial charge in [0.2, 0.25) is 0 Å². The van der Waals surface area contributed by atoms with Crippen LogP contribution in [-0.4, -0.2) is 0 Å². The van der Waals surface area contributed by atoms with E-state index in [2.05, 4.69) is 15.9 Å². The second-order valence-electron chi connectivity index (χ2n) is 3.61. The van der Waals surface area contributed by atoms with Gasteiger partial charge in [-0.05, 0) is 22.0 Å². The summed E-state index contributed by atoms with van der Waals surface area (Å²) in [6.45, 7) is 0. The largest absolute Gasteiger partial charge is 0.450 e. The standard InChI is InChI=1S/C12H6BrCl2F2NO/c13-6-3-8(15)11(4-7(6)14)19-12-9(16)1-5(18)2-10(12)17/h1-4H,18H2. The number of rotatable bonds is 2. The predicted molar refractivity (Wildman–Crippen MR) is 75.0 cm³/mol. The SMILES string of the molecule is Nc1cc(F)c(Oc2cc(Cl)c(Br)cc2Cl)c(F)c1.